The van der Waals surface area contributed by atoms with Crippen molar-refractivity contribution in [3.63, 3.8) is 0 Å². The van der Waals surface area contributed by atoms with Crippen LogP contribution >= 0.6 is 0 Å². The molecule has 1 heterocycles. The molecule has 1 fully saturated rings. The number of hydrogen-bond acceptors (Lipinski definition) is 5. The highest BCUT2D eigenvalue weighted by molar-refractivity contribution is 5.97. The van der Waals surface area contributed by atoms with Crippen molar-refractivity contribution in [2.75, 3.05) is 20.7 Å². The quantitative estimate of drug-likeness (QED) is 0.697. The van der Waals surface area contributed by atoms with Gasteiger partial charge in [-0.2, -0.15) is 0 Å². The Morgan fingerprint density at radius 3 is 2.58 bits per heavy atom. The molecule has 0 aromatic heterocycles. The molecule has 0 aromatic carbocycles. The van der Waals surface area contributed by atoms with Gasteiger partial charge < -0.3 is 10.1 Å². The van der Waals surface area contributed by atoms with Crippen molar-refractivity contribution in [3.05, 3.63) is 0 Å². The average molecular weight is 271 g/mol. The Hall–Kier alpha value is -1.63. The smallest absolute Gasteiger partial charge is 0.323 e. The summed E-state index contributed by atoms with van der Waals surface area (Å²) in [4.78, 5) is 36.5. The summed E-state index contributed by atoms with van der Waals surface area (Å²) in [6, 6.07) is -1.52. The third-order valence-corrected chi connectivity index (χ3v) is 3.36. The first kappa shape index (κ1) is 15.4. The Bertz CT molecular complexity index is 359. The van der Waals surface area contributed by atoms with Gasteiger partial charge in [0.05, 0.1) is 13.2 Å². The Kier molecular flexibility index (Phi) is 5.75. The fourth-order valence-electron chi connectivity index (χ4n) is 2.24. The molecule has 7 heteroatoms. The molecule has 2 N–H and O–H groups in total. The van der Waals surface area contributed by atoms with Crippen LogP contribution in [0.25, 0.3) is 0 Å². The summed E-state index contributed by atoms with van der Waals surface area (Å²) in [5.41, 5.74) is 0. The normalized spacial score (nSPS) is 21.3. The first-order valence-corrected chi connectivity index (χ1v) is 6.37. The summed E-state index contributed by atoms with van der Waals surface area (Å²) in [6.07, 6.45) is 2.52. The van der Waals surface area contributed by atoms with Crippen LogP contribution in [0.4, 0.5) is 4.79 Å². The van der Waals surface area contributed by atoms with E-state index in [4.69, 9.17) is 4.74 Å². The van der Waals surface area contributed by atoms with E-state index in [9.17, 15) is 14.4 Å². The predicted octanol–water partition coefficient (Wildman–Crippen LogP) is -0.142. The zero-order chi connectivity index (χ0) is 14.4. The fourth-order valence-corrected chi connectivity index (χ4v) is 2.24. The van der Waals surface area contributed by atoms with E-state index < -0.39 is 24.0 Å². The van der Waals surface area contributed by atoms with Crippen LogP contribution < -0.4 is 10.6 Å². The summed E-state index contributed by atoms with van der Waals surface area (Å²) < 4.78 is 4.76. The molecule has 0 aliphatic carbocycles. The van der Waals surface area contributed by atoms with Gasteiger partial charge >= 0.3 is 12.0 Å². The second kappa shape index (κ2) is 7.08. The van der Waals surface area contributed by atoms with Crippen LogP contribution in [-0.2, 0) is 14.3 Å². The van der Waals surface area contributed by atoms with Gasteiger partial charge in [0.1, 0.15) is 6.04 Å². The predicted molar refractivity (Wildman–Crippen MR) is 68.4 cm³/mol. The highest BCUT2D eigenvalue weighted by atomic mass is 16.5. The van der Waals surface area contributed by atoms with Gasteiger partial charge in [-0.3, -0.25) is 19.8 Å². The largest absolute Gasteiger partial charge is 0.468 e. The molecule has 108 valence electrons. The molecule has 1 unspecified atom stereocenters. The molecule has 1 saturated heterocycles. The van der Waals surface area contributed by atoms with Gasteiger partial charge in [0.15, 0.2) is 0 Å². The molecule has 0 spiro atoms. The summed E-state index contributed by atoms with van der Waals surface area (Å²) >= 11 is 0. The Balaban J connectivity index is 2.71. The van der Waals surface area contributed by atoms with Gasteiger partial charge in [0, 0.05) is 7.05 Å². The summed E-state index contributed by atoms with van der Waals surface area (Å²) in [5, 5.41) is 4.54. The van der Waals surface area contributed by atoms with Crippen molar-refractivity contribution in [3.8, 4) is 0 Å². The Morgan fingerprint density at radius 1 is 1.32 bits per heavy atom. The number of urea groups is 1. The third kappa shape index (κ3) is 3.92. The zero-order valence-corrected chi connectivity index (χ0v) is 11.6. The van der Waals surface area contributed by atoms with E-state index in [1.54, 1.807) is 11.8 Å². The van der Waals surface area contributed by atoms with Gasteiger partial charge in [-0.25, -0.2) is 4.79 Å². The van der Waals surface area contributed by atoms with Crippen LogP contribution in [-0.4, -0.2) is 55.6 Å². The number of nitrogens with one attached hydrogen (secondary N) is 2. The lowest BCUT2D eigenvalue weighted by molar-refractivity contribution is -0.150. The minimum Gasteiger partial charge on any atom is -0.468 e. The number of likely N-dealkylation sites (tertiary alicyclic amines) is 1. The average Bonchev–Trinajstić information content (AvgIpc) is 2.45. The molecule has 3 amide bonds. The fraction of sp³-hybridized carbons (Fsp3) is 0.750. The number of rotatable bonds is 3. The number of nitrogens with zero attached hydrogens (tertiary/aromatic N) is 1. The van der Waals surface area contributed by atoms with Crippen LogP contribution in [0.3, 0.4) is 0 Å². The number of imide groups is 1. The van der Waals surface area contributed by atoms with Crippen LogP contribution in [0.1, 0.15) is 26.2 Å². The SMILES string of the molecule is CNC(=O)NC(=O)C(C)N1CCCC[C@@H]1C(=O)OC. The minimum absolute atomic E-state index is 0.334. The van der Waals surface area contributed by atoms with Crippen molar-refractivity contribution < 1.29 is 19.1 Å². The molecule has 7 nitrogen and oxygen atoms in total. The number of ether oxygens (including phenoxy) is 1. The van der Waals surface area contributed by atoms with Gasteiger partial charge in [-0.1, -0.05) is 6.42 Å². The van der Waals surface area contributed by atoms with E-state index >= 15 is 0 Å². The summed E-state index contributed by atoms with van der Waals surface area (Å²) in [6.45, 7) is 2.32. The van der Waals surface area contributed by atoms with Gasteiger partial charge in [-0.05, 0) is 26.3 Å². The maximum Gasteiger partial charge on any atom is 0.323 e. The molecular weight excluding hydrogens is 250 g/mol. The molecule has 1 aliphatic rings. The first-order chi connectivity index (χ1) is 9.01. The molecule has 19 heavy (non-hydrogen) atoms. The number of amides is 3. The van der Waals surface area contributed by atoms with E-state index in [-0.39, 0.29) is 5.97 Å². The van der Waals surface area contributed by atoms with Crippen LogP contribution in [0.5, 0.6) is 0 Å². The first-order valence-electron chi connectivity index (χ1n) is 6.37. The number of hydrogen-bond donors (Lipinski definition) is 2. The van der Waals surface area contributed by atoms with Gasteiger partial charge in [0.25, 0.3) is 0 Å². The maximum atomic E-state index is 11.9. The Morgan fingerprint density at radius 2 is 2.00 bits per heavy atom. The van der Waals surface area contributed by atoms with Gasteiger partial charge in [0.2, 0.25) is 5.91 Å². The van der Waals surface area contributed by atoms with Crippen molar-refractivity contribution in [1.29, 1.82) is 0 Å². The number of carbonyl (C=O) groups is 3. The number of methoxy groups -OCH3 is 1. The monoisotopic (exact) mass is 271 g/mol. The topological polar surface area (TPSA) is 87.7 Å². The lowest BCUT2D eigenvalue weighted by atomic mass is 10.00. The molecule has 0 aromatic rings. The second-order valence-corrected chi connectivity index (χ2v) is 4.52. The standard InChI is InChI=1S/C12H21N3O4/c1-8(10(16)14-12(18)13-2)15-7-5-4-6-9(15)11(17)19-3/h8-9H,4-7H2,1-3H3,(H2,13,14,16,18)/t8?,9-/m1/s1. The molecule has 1 rings (SSSR count). The molecule has 2 atom stereocenters. The van der Waals surface area contributed by atoms with Crippen LogP contribution in [0, 0.1) is 0 Å². The van der Waals surface area contributed by atoms with E-state index in [0.717, 1.165) is 12.8 Å². The van der Waals surface area contributed by atoms with E-state index in [1.807, 2.05) is 0 Å². The number of piperidine rings is 1. The molecular formula is C12H21N3O4. The van der Waals surface area contributed by atoms with E-state index in [2.05, 4.69) is 10.6 Å². The zero-order valence-electron chi connectivity index (χ0n) is 11.6. The van der Waals surface area contributed by atoms with Crippen molar-refractivity contribution >= 4 is 17.9 Å². The van der Waals surface area contributed by atoms with Crippen molar-refractivity contribution in [2.24, 2.45) is 0 Å². The van der Waals surface area contributed by atoms with Gasteiger partial charge in [-0.15, -0.1) is 0 Å². The lowest BCUT2D eigenvalue weighted by Gasteiger charge is -2.37. The Labute approximate surface area is 112 Å². The van der Waals surface area contributed by atoms with Crippen LogP contribution in [0.15, 0.2) is 0 Å². The third-order valence-electron chi connectivity index (χ3n) is 3.36. The van der Waals surface area contributed by atoms with E-state index in [0.29, 0.717) is 13.0 Å². The highest BCUT2D eigenvalue weighted by Gasteiger charge is 2.35. The molecule has 0 saturated carbocycles. The highest BCUT2D eigenvalue weighted by Crippen LogP contribution is 2.20. The summed E-state index contributed by atoms with van der Waals surface area (Å²) in [5.74, 6) is -0.755. The number of carbonyl (C=O) groups excluding carboxylic acids is 3. The summed E-state index contributed by atoms with van der Waals surface area (Å²) in [7, 11) is 2.77. The van der Waals surface area contributed by atoms with Crippen molar-refractivity contribution in [2.45, 2.75) is 38.3 Å². The van der Waals surface area contributed by atoms with E-state index in [1.165, 1.54) is 14.2 Å². The van der Waals surface area contributed by atoms with Crippen molar-refractivity contribution in [1.82, 2.24) is 15.5 Å². The minimum atomic E-state index is -0.554. The molecule has 0 radical (unpaired) electrons. The number of esters is 1. The lowest BCUT2D eigenvalue weighted by Crippen LogP contribution is -2.56. The van der Waals surface area contributed by atoms with Crippen LogP contribution in [0.2, 0.25) is 0 Å². The maximum absolute atomic E-state index is 11.9. The molecule has 0 bridgehead atoms. The molecule has 1 aliphatic heterocycles. The second-order valence-electron chi connectivity index (χ2n) is 4.52.